The number of anilines is 2. The largest absolute Gasteiger partial charge is 0.490 e. The Kier molecular flexibility index (Phi) is 8.50. The smallest absolute Gasteiger partial charge is 0.354 e. The van der Waals surface area contributed by atoms with Gasteiger partial charge in [0.1, 0.15) is 5.75 Å². The van der Waals surface area contributed by atoms with Gasteiger partial charge in [0.15, 0.2) is 0 Å². The molecular formula is C25H29BrN4O5. The zero-order chi connectivity index (χ0) is 25.7. The molecule has 1 unspecified atom stereocenters. The fourth-order valence-corrected chi connectivity index (χ4v) is 3.88. The number of esters is 1. The second-order valence-corrected chi connectivity index (χ2v) is 9.40. The number of halogens is 1. The van der Waals surface area contributed by atoms with Gasteiger partial charge in [-0.2, -0.15) is 4.98 Å². The summed E-state index contributed by atoms with van der Waals surface area (Å²) in [6, 6.07) is 13.1. The van der Waals surface area contributed by atoms with E-state index in [1.54, 1.807) is 25.1 Å². The van der Waals surface area contributed by atoms with Crippen molar-refractivity contribution in [3.8, 4) is 5.75 Å². The molecule has 0 aliphatic carbocycles. The van der Waals surface area contributed by atoms with Crippen molar-refractivity contribution in [1.82, 2.24) is 14.1 Å². The molecule has 1 N–H and O–H groups in total. The molecule has 0 aliphatic heterocycles. The predicted octanol–water partition coefficient (Wildman–Crippen LogP) is 3.86. The van der Waals surface area contributed by atoms with E-state index in [1.165, 1.54) is 11.7 Å². The van der Waals surface area contributed by atoms with Gasteiger partial charge in [-0.25, -0.2) is 14.2 Å². The van der Waals surface area contributed by atoms with Crippen LogP contribution in [-0.4, -0.2) is 33.3 Å². The SMILES string of the molecule is COC(=O)C(C)Cn1c(=O)nc(Nc2ccc(OC(C)C)c(Br)c2)n(Cc2ccc(C)cc2)c1=O. The highest BCUT2D eigenvalue weighted by Crippen LogP contribution is 2.30. The van der Waals surface area contributed by atoms with E-state index in [-0.39, 0.29) is 25.1 Å². The lowest BCUT2D eigenvalue weighted by atomic mass is 10.1. The average molecular weight is 545 g/mol. The molecule has 3 aromatic rings. The van der Waals surface area contributed by atoms with Gasteiger partial charge in [0.25, 0.3) is 0 Å². The zero-order valence-corrected chi connectivity index (χ0v) is 22.0. The van der Waals surface area contributed by atoms with Gasteiger partial charge in [0.2, 0.25) is 5.95 Å². The molecule has 0 saturated carbocycles. The Morgan fingerprint density at radius 2 is 1.77 bits per heavy atom. The minimum absolute atomic E-state index is 0.00596. The van der Waals surface area contributed by atoms with Crippen molar-refractivity contribution in [1.29, 1.82) is 0 Å². The number of hydrogen-bond donors (Lipinski definition) is 1. The van der Waals surface area contributed by atoms with Crippen molar-refractivity contribution in [3.63, 3.8) is 0 Å². The Labute approximate surface area is 211 Å². The van der Waals surface area contributed by atoms with Gasteiger partial charge in [0.05, 0.1) is 30.1 Å². The third-order valence-electron chi connectivity index (χ3n) is 5.22. The summed E-state index contributed by atoms with van der Waals surface area (Å²) < 4.78 is 13.5. The second kappa shape index (κ2) is 11.4. The maximum absolute atomic E-state index is 13.4. The fourth-order valence-electron chi connectivity index (χ4n) is 3.41. The lowest BCUT2D eigenvalue weighted by Gasteiger charge is -2.18. The molecule has 0 spiro atoms. The zero-order valence-electron chi connectivity index (χ0n) is 20.4. The quantitative estimate of drug-likeness (QED) is 0.407. The van der Waals surface area contributed by atoms with E-state index in [4.69, 9.17) is 9.47 Å². The number of benzene rings is 2. The molecule has 1 aromatic heterocycles. The highest BCUT2D eigenvalue weighted by Gasteiger charge is 2.20. The molecule has 186 valence electrons. The number of carbonyl (C=O) groups is 1. The van der Waals surface area contributed by atoms with Crippen molar-refractivity contribution >= 4 is 33.5 Å². The summed E-state index contributed by atoms with van der Waals surface area (Å²) in [5.74, 6) is -0.449. The molecule has 0 aliphatic rings. The van der Waals surface area contributed by atoms with Crippen LogP contribution in [0.5, 0.6) is 5.75 Å². The number of rotatable bonds is 9. The van der Waals surface area contributed by atoms with Crippen molar-refractivity contribution < 1.29 is 14.3 Å². The Morgan fingerprint density at radius 1 is 1.09 bits per heavy atom. The summed E-state index contributed by atoms with van der Waals surface area (Å²) in [4.78, 5) is 42.3. The Hall–Kier alpha value is -3.40. The molecule has 35 heavy (non-hydrogen) atoms. The first-order chi connectivity index (χ1) is 16.6. The average Bonchev–Trinajstić information content (AvgIpc) is 2.81. The first-order valence-electron chi connectivity index (χ1n) is 11.2. The van der Waals surface area contributed by atoms with Crippen LogP contribution in [0.4, 0.5) is 11.6 Å². The van der Waals surface area contributed by atoms with Crippen LogP contribution in [0.3, 0.4) is 0 Å². The van der Waals surface area contributed by atoms with Gasteiger partial charge in [-0.1, -0.05) is 36.8 Å². The lowest BCUT2D eigenvalue weighted by molar-refractivity contribution is -0.145. The molecule has 10 heteroatoms. The lowest BCUT2D eigenvalue weighted by Crippen LogP contribution is -2.44. The van der Waals surface area contributed by atoms with Gasteiger partial charge in [-0.15, -0.1) is 0 Å². The van der Waals surface area contributed by atoms with Gasteiger partial charge in [-0.3, -0.25) is 9.36 Å². The number of nitrogens with zero attached hydrogens (tertiary/aromatic N) is 3. The third-order valence-corrected chi connectivity index (χ3v) is 5.84. The maximum Gasteiger partial charge on any atom is 0.354 e. The summed E-state index contributed by atoms with van der Waals surface area (Å²) >= 11 is 3.49. The van der Waals surface area contributed by atoms with Gasteiger partial charge in [0, 0.05) is 12.2 Å². The molecule has 0 fully saturated rings. The van der Waals surface area contributed by atoms with Gasteiger partial charge >= 0.3 is 17.3 Å². The number of carbonyl (C=O) groups excluding carboxylic acids is 1. The van der Waals surface area contributed by atoms with Crippen LogP contribution in [0.1, 0.15) is 31.9 Å². The summed E-state index contributed by atoms with van der Waals surface area (Å²) in [5.41, 5.74) is 1.21. The maximum atomic E-state index is 13.4. The van der Waals surface area contributed by atoms with Crippen LogP contribution < -0.4 is 21.4 Å². The Bertz CT molecular complexity index is 1310. The van der Waals surface area contributed by atoms with Crippen LogP contribution in [0, 0.1) is 12.8 Å². The normalized spacial score (nSPS) is 11.9. The first-order valence-corrected chi connectivity index (χ1v) is 12.0. The number of ether oxygens (including phenoxy) is 2. The molecular weight excluding hydrogens is 516 g/mol. The van der Waals surface area contributed by atoms with Crippen molar-refractivity contribution in [3.05, 3.63) is 79.0 Å². The molecule has 1 heterocycles. The van der Waals surface area contributed by atoms with Crippen LogP contribution >= 0.6 is 15.9 Å². The van der Waals surface area contributed by atoms with Gasteiger partial charge in [-0.05, 0) is 60.5 Å². The van der Waals surface area contributed by atoms with Crippen LogP contribution in [0.25, 0.3) is 0 Å². The summed E-state index contributed by atoms with van der Waals surface area (Å²) in [7, 11) is 1.26. The summed E-state index contributed by atoms with van der Waals surface area (Å²) in [6.45, 7) is 7.47. The summed E-state index contributed by atoms with van der Waals surface area (Å²) in [6.07, 6.45) is 0.00596. The number of methoxy groups -OCH3 is 1. The minimum Gasteiger partial charge on any atom is -0.490 e. The number of aryl methyl sites for hydroxylation is 1. The van der Waals surface area contributed by atoms with E-state index in [9.17, 15) is 14.4 Å². The van der Waals surface area contributed by atoms with E-state index in [2.05, 4.69) is 26.2 Å². The molecule has 0 radical (unpaired) electrons. The first kappa shape index (κ1) is 26.2. The molecule has 2 aromatic carbocycles. The van der Waals surface area contributed by atoms with E-state index in [0.29, 0.717) is 15.9 Å². The van der Waals surface area contributed by atoms with Crippen molar-refractivity contribution in [2.24, 2.45) is 5.92 Å². The van der Waals surface area contributed by atoms with Crippen molar-refractivity contribution in [2.45, 2.75) is 46.9 Å². The molecule has 1 atom stereocenters. The molecule has 0 amide bonds. The predicted molar refractivity (Wildman–Crippen MR) is 137 cm³/mol. The molecule has 3 rings (SSSR count). The highest BCUT2D eigenvalue weighted by molar-refractivity contribution is 9.10. The number of aromatic nitrogens is 3. The van der Waals surface area contributed by atoms with Gasteiger partial charge < -0.3 is 14.8 Å². The van der Waals surface area contributed by atoms with E-state index < -0.39 is 23.3 Å². The monoisotopic (exact) mass is 544 g/mol. The molecule has 9 nitrogen and oxygen atoms in total. The number of nitrogens with one attached hydrogen (secondary N) is 1. The minimum atomic E-state index is -0.757. The van der Waals surface area contributed by atoms with Crippen LogP contribution in [-0.2, 0) is 22.6 Å². The van der Waals surface area contributed by atoms with Crippen LogP contribution in [0.15, 0.2) is 56.5 Å². The highest BCUT2D eigenvalue weighted by atomic mass is 79.9. The third kappa shape index (κ3) is 6.60. The van der Waals surface area contributed by atoms with E-state index in [0.717, 1.165) is 15.7 Å². The Balaban J connectivity index is 2.04. The fraction of sp³-hybridized carbons (Fsp3) is 0.360. The summed E-state index contributed by atoms with van der Waals surface area (Å²) in [5, 5.41) is 3.08. The molecule has 0 bridgehead atoms. The van der Waals surface area contributed by atoms with E-state index in [1.807, 2.05) is 45.0 Å². The van der Waals surface area contributed by atoms with E-state index >= 15 is 0 Å². The van der Waals surface area contributed by atoms with Crippen LogP contribution in [0.2, 0.25) is 0 Å². The van der Waals surface area contributed by atoms with Crippen molar-refractivity contribution in [2.75, 3.05) is 12.4 Å². The second-order valence-electron chi connectivity index (χ2n) is 8.54. The molecule has 0 saturated heterocycles. The topological polar surface area (TPSA) is 104 Å². The Morgan fingerprint density at radius 3 is 2.37 bits per heavy atom. The number of hydrogen-bond acceptors (Lipinski definition) is 7. The standard InChI is InChI=1S/C25H29BrN4O5/c1-15(2)35-21-11-10-19(12-20(21)26)27-23-28-24(32)30(13-17(4)22(31)34-5)25(33)29(23)14-18-8-6-16(3)7-9-18/h6-12,15,17H,13-14H2,1-5H3,(H,27,28,32).